The molecule has 0 atom stereocenters. The molecule has 0 bridgehead atoms. The molecule has 1 aliphatic rings. The molecule has 0 fully saturated rings. The first-order chi connectivity index (χ1) is 4.18. The second-order valence-electron chi connectivity index (χ2n) is 2.11. The van der Waals surface area contributed by atoms with Gasteiger partial charge >= 0.3 is 0 Å². The van der Waals surface area contributed by atoms with E-state index in [1.54, 1.807) is 6.20 Å². The molecule has 52 valence electrons. The van der Waals surface area contributed by atoms with Gasteiger partial charge in [0.2, 0.25) is 0 Å². The van der Waals surface area contributed by atoms with E-state index in [0.717, 1.165) is 0 Å². The Labute approximate surface area is 53.6 Å². The monoisotopic (exact) mass is 129 g/mol. The highest BCUT2D eigenvalue weighted by molar-refractivity contribution is 4.99. The minimum Gasteiger partial charge on any atom is -0.400 e. The van der Waals surface area contributed by atoms with Crippen molar-refractivity contribution in [1.82, 2.24) is 10.0 Å². The van der Waals surface area contributed by atoms with Gasteiger partial charge in [-0.2, -0.15) is 0 Å². The van der Waals surface area contributed by atoms with E-state index in [9.17, 15) is 0 Å². The van der Waals surface area contributed by atoms with Crippen LogP contribution in [-0.4, -0.2) is 23.2 Å². The molecule has 0 spiro atoms. The smallest absolute Gasteiger partial charge is 0.0986 e. The second-order valence-corrected chi connectivity index (χ2v) is 2.11. The van der Waals surface area contributed by atoms with E-state index >= 15 is 0 Å². The highest BCUT2D eigenvalue weighted by Gasteiger charge is 2.08. The van der Waals surface area contributed by atoms with Gasteiger partial charge in [0, 0.05) is 11.9 Å². The van der Waals surface area contributed by atoms with Crippen LogP contribution in [-0.2, 0) is 0 Å². The van der Waals surface area contributed by atoms with E-state index in [2.05, 4.69) is 0 Å². The van der Waals surface area contributed by atoms with Crippen LogP contribution in [0.25, 0.3) is 0 Å². The molecule has 1 heterocycles. The Balaban J connectivity index is 2.56. The third-order valence-electron chi connectivity index (χ3n) is 1.06. The van der Waals surface area contributed by atoms with Crippen LogP contribution in [0, 0.1) is 0 Å². The molecule has 0 saturated heterocycles. The van der Waals surface area contributed by atoms with Gasteiger partial charge in [0.15, 0.2) is 0 Å². The molecule has 0 aromatic heterocycles. The van der Waals surface area contributed by atoms with E-state index in [1.807, 2.05) is 0 Å². The molecular formula is C4H11N5. The van der Waals surface area contributed by atoms with Crippen molar-refractivity contribution in [2.75, 3.05) is 13.2 Å². The van der Waals surface area contributed by atoms with Crippen LogP contribution in [0.4, 0.5) is 0 Å². The molecule has 0 aromatic rings. The van der Waals surface area contributed by atoms with Crippen molar-refractivity contribution in [3.8, 4) is 0 Å². The van der Waals surface area contributed by atoms with Crippen molar-refractivity contribution in [3.05, 3.63) is 11.9 Å². The van der Waals surface area contributed by atoms with Crippen molar-refractivity contribution < 1.29 is 0 Å². The number of nitrogens with zero attached hydrogens (tertiary/aromatic N) is 2. The molecule has 9 heavy (non-hydrogen) atoms. The zero-order valence-electron chi connectivity index (χ0n) is 5.12. The summed E-state index contributed by atoms with van der Waals surface area (Å²) < 4.78 is 0. The van der Waals surface area contributed by atoms with Crippen LogP contribution >= 0.6 is 0 Å². The zero-order valence-corrected chi connectivity index (χ0v) is 5.12. The third kappa shape index (κ3) is 1.56. The molecule has 0 saturated carbocycles. The molecule has 0 radical (unpaired) electrons. The average Bonchev–Trinajstić information content (AvgIpc) is 1.59. The lowest BCUT2D eigenvalue weighted by Gasteiger charge is -2.27. The largest absolute Gasteiger partial charge is 0.400 e. The number of nitrogens with two attached hydrogens (primary N) is 3. The van der Waals surface area contributed by atoms with Gasteiger partial charge in [-0.3, -0.25) is 5.84 Å². The molecule has 0 unspecified atom stereocenters. The van der Waals surface area contributed by atoms with E-state index in [-0.39, 0.29) is 0 Å². The van der Waals surface area contributed by atoms with Crippen LogP contribution in [0.3, 0.4) is 0 Å². The maximum atomic E-state index is 5.43. The van der Waals surface area contributed by atoms with E-state index in [0.29, 0.717) is 18.9 Å². The Bertz CT molecular complexity index is 131. The predicted octanol–water partition coefficient (Wildman–Crippen LogP) is -1.89. The Hall–Kier alpha value is -0.780. The van der Waals surface area contributed by atoms with Crippen molar-refractivity contribution in [2.24, 2.45) is 17.4 Å². The number of hydrogen-bond donors (Lipinski definition) is 3. The molecular weight excluding hydrogens is 118 g/mol. The molecule has 1 rings (SSSR count). The van der Waals surface area contributed by atoms with Crippen molar-refractivity contribution in [1.29, 1.82) is 0 Å². The first kappa shape index (κ1) is 6.34. The molecule has 1 aliphatic heterocycles. The lowest BCUT2D eigenvalue weighted by Crippen LogP contribution is -2.48. The summed E-state index contributed by atoms with van der Waals surface area (Å²) in [6, 6.07) is 0. The van der Waals surface area contributed by atoms with E-state index < -0.39 is 0 Å². The van der Waals surface area contributed by atoms with Crippen LogP contribution in [0.15, 0.2) is 11.9 Å². The van der Waals surface area contributed by atoms with Crippen molar-refractivity contribution in [2.45, 2.75) is 0 Å². The summed E-state index contributed by atoms with van der Waals surface area (Å²) >= 11 is 0. The fourth-order valence-corrected chi connectivity index (χ4v) is 0.789. The first-order valence-corrected chi connectivity index (χ1v) is 2.65. The topological polar surface area (TPSA) is 84.5 Å². The van der Waals surface area contributed by atoms with Gasteiger partial charge in [0.25, 0.3) is 0 Å². The van der Waals surface area contributed by atoms with E-state index in [4.69, 9.17) is 17.4 Å². The Morgan fingerprint density at radius 3 is 2.56 bits per heavy atom. The van der Waals surface area contributed by atoms with Crippen LogP contribution < -0.4 is 17.4 Å². The molecule has 5 nitrogen and oxygen atoms in total. The molecule has 6 N–H and O–H groups in total. The van der Waals surface area contributed by atoms with Crippen LogP contribution in [0.5, 0.6) is 0 Å². The first-order valence-electron chi connectivity index (χ1n) is 2.65. The maximum Gasteiger partial charge on any atom is 0.0986 e. The van der Waals surface area contributed by atoms with Gasteiger partial charge in [-0.25, -0.2) is 10.9 Å². The Kier molecular flexibility index (Phi) is 1.56. The summed E-state index contributed by atoms with van der Waals surface area (Å²) in [5.74, 6) is 10.8. The highest BCUT2D eigenvalue weighted by Crippen LogP contribution is 1.96. The SMILES string of the molecule is NC1=CN(N)CN(N)C1. The second kappa shape index (κ2) is 2.22. The van der Waals surface area contributed by atoms with Crippen molar-refractivity contribution >= 4 is 0 Å². The minimum absolute atomic E-state index is 0.528. The standard InChI is InChI=1S/C4H11N5/c5-4-1-8(6)3-9(7)2-4/h1H,2-3,5-7H2. The van der Waals surface area contributed by atoms with Gasteiger partial charge in [-0.15, -0.1) is 0 Å². The van der Waals surface area contributed by atoms with Gasteiger partial charge in [0.05, 0.1) is 13.2 Å². The lowest BCUT2D eigenvalue weighted by molar-refractivity contribution is 0.166. The Morgan fingerprint density at radius 2 is 2.11 bits per heavy atom. The number of hydrogen-bond acceptors (Lipinski definition) is 5. The lowest BCUT2D eigenvalue weighted by atomic mass is 10.4. The maximum absolute atomic E-state index is 5.43. The molecule has 0 amide bonds. The summed E-state index contributed by atoms with van der Waals surface area (Å²) in [5.41, 5.74) is 6.12. The number of hydrazine groups is 2. The summed E-state index contributed by atoms with van der Waals surface area (Å²) in [6.07, 6.45) is 1.67. The van der Waals surface area contributed by atoms with E-state index in [1.165, 1.54) is 10.0 Å². The normalized spacial score (nSPS) is 22.0. The van der Waals surface area contributed by atoms with Crippen LogP contribution in [0.2, 0.25) is 0 Å². The highest BCUT2D eigenvalue weighted by atomic mass is 15.6. The van der Waals surface area contributed by atoms with Crippen LogP contribution in [0.1, 0.15) is 0 Å². The quantitative estimate of drug-likeness (QED) is 0.333. The van der Waals surface area contributed by atoms with Gasteiger partial charge in [-0.05, 0) is 0 Å². The summed E-state index contributed by atoms with van der Waals surface area (Å²) in [6.45, 7) is 1.12. The molecule has 5 heteroatoms. The van der Waals surface area contributed by atoms with Gasteiger partial charge < -0.3 is 10.7 Å². The predicted molar refractivity (Wildman–Crippen MR) is 34.1 cm³/mol. The zero-order chi connectivity index (χ0) is 6.85. The fourth-order valence-electron chi connectivity index (χ4n) is 0.789. The summed E-state index contributed by atoms with van der Waals surface area (Å²) in [4.78, 5) is 0. The van der Waals surface area contributed by atoms with Gasteiger partial charge in [-0.1, -0.05) is 0 Å². The average molecular weight is 129 g/mol. The van der Waals surface area contributed by atoms with Crippen molar-refractivity contribution in [3.63, 3.8) is 0 Å². The van der Waals surface area contributed by atoms with Gasteiger partial charge in [0.1, 0.15) is 0 Å². The summed E-state index contributed by atoms with van der Waals surface area (Å²) in [7, 11) is 0. The summed E-state index contributed by atoms with van der Waals surface area (Å²) in [5, 5.41) is 2.98. The molecule has 0 aliphatic carbocycles. The minimum atomic E-state index is 0.528. The molecule has 0 aromatic carbocycles. The Morgan fingerprint density at radius 1 is 1.44 bits per heavy atom. The third-order valence-corrected chi connectivity index (χ3v) is 1.06. The number of rotatable bonds is 0. The fraction of sp³-hybridized carbons (Fsp3) is 0.500.